The molecule has 0 saturated carbocycles. The van der Waals surface area contributed by atoms with E-state index in [0.29, 0.717) is 17.7 Å². The summed E-state index contributed by atoms with van der Waals surface area (Å²) in [5.74, 6) is 0. The van der Waals surface area contributed by atoms with E-state index >= 15 is 0 Å². The van der Waals surface area contributed by atoms with Crippen LogP contribution in [0.1, 0.15) is 16.8 Å². The van der Waals surface area contributed by atoms with Gasteiger partial charge in [0.25, 0.3) is 11.2 Å². The van der Waals surface area contributed by atoms with Gasteiger partial charge in [0.05, 0.1) is 4.92 Å². The fourth-order valence-corrected chi connectivity index (χ4v) is 1.97. The minimum absolute atomic E-state index is 0.0265. The molecule has 1 aromatic carbocycles. The first kappa shape index (κ1) is 13.2. The quantitative estimate of drug-likeness (QED) is 0.511. The zero-order valence-electron chi connectivity index (χ0n) is 10.1. The van der Waals surface area contributed by atoms with Gasteiger partial charge in [-0.25, -0.2) is 0 Å². The summed E-state index contributed by atoms with van der Waals surface area (Å²) in [5.41, 5.74) is 1.71. The predicted octanol–water partition coefficient (Wildman–Crippen LogP) is 2.24. The summed E-state index contributed by atoms with van der Waals surface area (Å²) in [7, 11) is 0. The first-order chi connectivity index (χ1) is 8.97. The molecule has 0 atom stereocenters. The third kappa shape index (κ3) is 2.94. The Bertz CT molecular complexity index is 748. The molecule has 0 radical (unpaired) electrons. The summed E-state index contributed by atoms with van der Waals surface area (Å²) in [5, 5.41) is 10.7. The van der Waals surface area contributed by atoms with Crippen molar-refractivity contribution >= 4 is 17.9 Å². The average Bonchev–Trinajstić information content (AvgIpc) is 2.35. The molecule has 2 rings (SSSR count). The molecular weight excluding hydrogens is 266 g/mol. The monoisotopic (exact) mass is 277 g/mol. The number of rotatable bonds is 3. The maximum Gasteiger partial charge on any atom is 0.269 e. The third-order valence-electron chi connectivity index (χ3n) is 2.79. The van der Waals surface area contributed by atoms with Gasteiger partial charge in [0.15, 0.2) is 4.77 Å². The molecule has 0 bridgehead atoms. The second kappa shape index (κ2) is 5.15. The molecule has 0 unspecified atom stereocenters. The number of aromatic amines is 2. The number of nitro groups is 1. The number of benzene rings is 1. The number of hydrogen-bond donors (Lipinski definition) is 2. The van der Waals surface area contributed by atoms with Crippen LogP contribution >= 0.6 is 12.2 Å². The first-order valence-corrected chi connectivity index (χ1v) is 5.93. The van der Waals surface area contributed by atoms with Crippen LogP contribution in [0.3, 0.4) is 0 Å². The number of hydrogen-bond acceptors (Lipinski definition) is 4. The molecule has 0 aliphatic rings. The lowest BCUT2D eigenvalue weighted by atomic mass is 10.1. The highest BCUT2D eigenvalue weighted by molar-refractivity contribution is 7.71. The molecule has 7 heteroatoms. The van der Waals surface area contributed by atoms with Crippen LogP contribution in [0.4, 0.5) is 5.69 Å². The molecular formula is C12H11N3O3S. The molecule has 0 amide bonds. The van der Waals surface area contributed by atoms with Crippen molar-refractivity contribution in [3.8, 4) is 0 Å². The molecule has 6 nitrogen and oxygen atoms in total. The number of nitrogens with zero attached hydrogens (tertiary/aromatic N) is 1. The van der Waals surface area contributed by atoms with E-state index in [0.717, 1.165) is 5.56 Å². The van der Waals surface area contributed by atoms with E-state index in [9.17, 15) is 14.9 Å². The highest BCUT2D eigenvalue weighted by Gasteiger charge is 2.09. The van der Waals surface area contributed by atoms with Crippen LogP contribution in [0.25, 0.3) is 0 Å². The Hall–Kier alpha value is -2.28. The van der Waals surface area contributed by atoms with Crippen LogP contribution in [0.2, 0.25) is 0 Å². The van der Waals surface area contributed by atoms with Crippen LogP contribution in [0, 0.1) is 21.8 Å². The molecule has 2 aromatic rings. The van der Waals surface area contributed by atoms with E-state index in [-0.39, 0.29) is 16.0 Å². The second-order valence-electron chi connectivity index (χ2n) is 4.12. The number of nitrogens with one attached hydrogen (secondary N) is 2. The van der Waals surface area contributed by atoms with Crippen LogP contribution in [-0.4, -0.2) is 14.9 Å². The molecule has 19 heavy (non-hydrogen) atoms. The number of aromatic nitrogens is 2. The molecule has 0 saturated heterocycles. The van der Waals surface area contributed by atoms with Gasteiger partial charge in [0, 0.05) is 29.8 Å². The van der Waals surface area contributed by atoms with Gasteiger partial charge in [-0.2, -0.15) is 0 Å². The number of H-pyrrole nitrogens is 2. The van der Waals surface area contributed by atoms with Gasteiger partial charge in [-0.3, -0.25) is 19.9 Å². The van der Waals surface area contributed by atoms with Gasteiger partial charge >= 0.3 is 0 Å². The summed E-state index contributed by atoms with van der Waals surface area (Å²) in [4.78, 5) is 27.2. The van der Waals surface area contributed by atoms with Crippen molar-refractivity contribution in [2.24, 2.45) is 0 Å². The number of non-ortho nitro benzene ring substituents is 1. The Morgan fingerprint density at radius 1 is 1.37 bits per heavy atom. The highest BCUT2D eigenvalue weighted by atomic mass is 32.1. The Kier molecular flexibility index (Phi) is 3.57. The summed E-state index contributed by atoms with van der Waals surface area (Å²) >= 11 is 4.91. The molecule has 0 aliphatic heterocycles. The molecule has 1 heterocycles. The fraction of sp³-hybridized carbons (Fsp3) is 0.167. The Morgan fingerprint density at radius 2 is 2.11 bits per heavy atom. The van der Waals surface area contributed by atoms with Crippen LogP contribution in [0.15, 0.2) is 29.1 Å². The minimum Gasteiger partial charge on any atom is -0.335 e. The third-order valence-corrected chi connectivity index (χ3v) is 2.99. The van der Waals surface area contributed by atoms with E-state index in [1.165, 1.54) is 12.1 Å². The summed E-state index contributed by atoms with van der Waals surface area (Å²) < 4.78 is 0.246. The first-order valence-electron chi connectivity index (χ1n) is 5.53. The van der Waals surface area contributed by atoms with Gasteiger partial charge in [0.1, 0.15) is 0 Å². The largest absolute Gasteiger partial charge is 0.335 e. The summed E-state index contributed by atoms with van der Waals surface area (Å²) in [6.07, 6.45) is 0.390. The van der Waals surface area contributed by atoms with Gasteiger partial charge < -0.3 is 4.98 Å². The molecule has 0 spiro atoms. The van der Waals surface area contributed by atoms with E-state index in [1.54, 1.807) is 19.1 Å². The molecule has 0 aliphatic carbocycles. The maximum absolute atomic E-state index is 11.6. The molecule has 0 fully saturated rings. The lowest BCUT2D eigenvalue weighted by molar-refractivity contribution is -0.384. The maximum atomic E-state index is 11.6. The van der Waals surface area contributed by atoms with E-state index < -0.39 is 4.92 Å². The van der Waals surface area contributed by atoms with Crippen LogP contribution in [0.5, 0.6) is 0 Å². The lowest BCUT2D eigenvalue weighted by Crippen LogP contribution is -2.15. The van der Waals surface area contributed by atoms with Crippen molar-refractivity contribution in [3.05, 3.63) is 66.3 Å². The smallest absolute Gasteiger partial charge is 0.269 e. The average molecular weight is 277 g/mol. The topological polar surface area (TPSA) is 91.8 Å². The van der Waals surface area contributed by atoms with Crippen LogP contribution in [-0.2, 0) is 6.42 Å². The Balaban J connectivity index is 2.42. The van der Waals surface area contributed by atoms with E-state index in [2.05, 4.69) is 9.97 Å². The standard InChI is InChI=1S/C12H11N3O3S/c1-7-10(13-12(19)14-11(7)16)6-8-3-2-4-9(5-8)15(17)18/h2-5H,6H2,1H3,(H2,13,14,16,19). The zero-order chi connectivity index (χ0) is 14.0. The van der Waals surface area contributed by atoms with Crippen molar-refractivity contribution in [1.82, 2.24) is 9.97 Å². The van der Waals surface area contributed by atoms with Gasteiger partial charge in [-0.1, -0.05) is 12.1 Å². The van der Waals surface area contributed by atoms with Crippen molar-refractivity contribution < 1.29 is 4.92 Å². The molecule has 1 aromatic heterocycles. The van der Waals surface area contributed by atoms with Gasteiger partial charge in [-0.05, 0) is 24.7 Å². The predicted molar refractivity (Wildman–Crippen MR) is 72.9 cm³/mol. The highest BCUT2D eigenvalue weighted by Crippen LogP contribution is 2.16. The summed E-state index contributed by atoms with van der Waals surface area (Å²) in [6, 6.07) is 6.29. The Labute approximate surface area is 113 Å². The van der Waals surface area contributed by atoms with Crippen LogP contribution < -0.4 is 5.56 Å². The SMILES string of the molecule is Cc1c(Cc2cccc([N+](=O)[O-])c2)[nH]c(=S)[nH]c1=O. The van der Waals surface area contributed by atoms with Crippen molar-refractivity contribution in [2.75, 3.05) is 0 Å². The van der Waals surface area contributed by atoms with Crippen molar-refractivity contribution in [3.63, 3.8) is 0 Å². The van der Waals surface area contributed by atoms with Crippen molar-refractivity contribution in [1.29, 1.82) is 0 Å². The molecule has 2 N–H and O–H groups in total. The zero-order valence-corrected chi connectivity index (χ0v) is 10.9. The Morgan fingerprint density at radius 3 is 2.79 bits per heavy atom. The fourth-order valence-electron chi connectivity index (χ4n) is 1.76. The normalized spacial score (nSPS) is 10.4. The van der Waals surface area contributed by atoms with Gasteiger partial charge in [-0.15, -0.1) is 0 Å². The van der Waals surface area contributed by atoms with Gasteiger partial charge in [0.2, 0.25) is 0 Å². The molecule has 98 valence electrons. The summed E-state index contributed by atoms with van der Waals surface area (Å²) in [6.45, 7) is 1.68. The van der Waals surface area contributed by atoms with E-state index in [4.69, 9.17) is 12.2 Å². The van der Waals surface area contributed by atoms with Crippen molar-refractivity contribution in [2.45, 2.75) is 13.3 Å². The number of nitro benzene ring substituents is 1. The lowest BCUT2D eigenvalue weighted by Gasteiger charge is -2.05. The second-order valence-corrected chi connectivity index (χ2v) is 4.52. The van der Waals surface area contributed by atoms with E-state index in [1.807, 2.05) is 0 Å². The minimum atomic E-state index is -0.448.